The lowest BCUT2D eigenvalue weighted by molar-refractivity contribution is 0.148. The van der Waals surface area contributed by atoms with E-state index in [1.165, 1.54) is 11.1 Å². The summed E-state index contributed by atoms with van der Waals surface area (Å²) >= 11 is 0. The molecule has 2 heterocycles. The molecular formula is C18H28ClN5. The first-order chi connectivity index (χ1) is 11.2. The summed E-state index contributed by atoms with van der Waals surface area (Å²) < 4.78 is 2.21. The highest BCUT2D eigenvalue weighted by molar-refractivity contribution is 5.85. The molecule has 1 saturated heterocycles. The van der Waals surface area contributed by atoms with E-state index in [2.05, 4.69) is 63.1 Å². The van der Waals surface area contributed by atoms with Crippen molar-refractivity contribution in [3.05, 3.63) is 47.0 Å². The number of halogens is 1. The van der Waals surface area contributed by atoms with Gasteiger partial charge in [0, 0.05) is 32.2 Å². The van der Waals surface area contributed by atoms with Crippen LogP contribution in [-0.2, 0) is 19.5 Å². The van der Waals surface area contributed by atoms with Gasteiger partial charge in [-0.25, -0.2) is 0 Å². The highest BCUT2D eigenvalue weighted by Crippen LogP contribution is 2.24. The lowest BCUT2D eigenvalue weighted by atomic mass is 10.0. The van der Waals surface area contributed by atoms with Gasteiger partial charge in [-0.1, -0.05) is 31.2 Å². The Balaban J connectivity index is 0.00000208. The van der Waals surface area contributed by atoms with Crippen molar-refractivity contribution in [2.45, 2.75) is 46.3 Å². The van der Waals surface area contributed by atoms with E-state index in [1.807, 2.05) is 6.92 Å². The van der Waals surface area contributed by atoms with Gasteiger partial charge < -0.3 is 9.88 Å². The molecule has 1 aromatic heterocycles. The monoisotopic (exact) mass is 349 g/mol. The maximum atomic E-state index is 4.39. The second-order valence-electron chi connectivity index (χ2n) is 6.19. The van der Waals surface area contributed by atoms with E-state index in [-0.39, 0.29) is 12.4 Å². The Morgan fingerprint density at radius 3 is 2.58 bits per heavy atom. The molecule has 0 bridgehead atoms. The molecule has 0 radical (unpaired) electrons. The van der Waals surface area contributed by atoms with Gasteiger partial charge in [0.25, 0.3) is 0 Å². The maximum absolute atomic E-state index is 4.39. The van der Waals surface area contributed by atoms with Crippen LogP contribution >= 0.6 is 12.4 Å². The van der Waals surface area contributed by atoms with Crippen LogP contribution in [-0.4, -0.2) is 39.3 Å². The highest BCUT2D eigenvalue weighted by atomic mass is 35.5. The molecule has 132 valence electrons. The molecule has 0 saturated carbocycles. The van der Waals surface area contributed by atoms with E-state index >= 15 is 0 Å². The predicted molar refractivity (Wildman–Crippen MR) is 99.5 cm³/mol. The predicted octanol–water partition coefficient (Wildman–Crippen LogP) is 2.74. The molecule has 1 aliphatic rings. The van der Waals surface area contributed by atoms with Gasteiger partial charge in [-0.05, 0) is 31.4 Å². The molecule has 0 aliphatic carbocycles. The molecule has 1 unspecified atom stereocenters. The number of nitrogens with one attached hydrogen (secondary N) is 1. The maximum Gasteiger partial charge on any atom is 0.147 e. The van der Waals surface area contributed by atoms with Gasteiger partial charge in [0.05, 0.1) is 6.54 Å². The first-order valence-corrected chi connectivity index (χ1v) is 8.65. The van der Waals surface area contributed by atoms with E-state index in [1.54, 1.807) is 0 Å². The number of aryl methyl sites for hydroxylation is 2. The van der Waals surface area contributed by atoms with Crippen LogP contribution in [0.2, 0.25) is 0 Å². The SMILES string of the molecule is CCc1ccc(C2CNCCN2Cc2nnc(C)n2CC)cc1.Cl. The number of hydrogen-bond donors (Lipinski definition) is 1. The first kappa shape index (κ1) is 18.9. The fourth-order valence-electron chi connectivity index (χ4n) is 3.37. The minimum atomic E-state index is 0. The Morgan fingerprint density at radius 1 is 1.17 bits per heavy atom. The first-order valence-electron chi connectivity index (χ1n) is 8.65. The smallest absolute Gasteiger partial charge is 0.147 e. The Bertz CT molecular complexity index is 637. The van der Waals surface area contributed by atoms with Crippen LogP contribution in [0.1, 0.15) is 42.7 Å². The summed E-state index contributed by atoms with van der Waals surface area (Å²) in [6.45, 7) is 11.2. The van der Waals surface area contributed by atoms with Gasteiger partial charge in [-0.2, -0.15) is 0 Å². The zero-order valence-electron chi connectivity index (χ0n) is 14.8. The molecule has 2 aromatic rings. The molecule has 1 N–H and O–H groups in total. The van der Waals surface area contributed by atoms with Crippen molar-refractivity contribution in [1.82, 2.24) is 25.0 Å². The molecule has 1 atom stereocenters. The number of nitrogens with zero attached hydrogens (tertiary/aromatic N) is 4. The molecule has 1 fully saturated rings. The van der Waals surface area contributed by atoms with Crippen molar-refractivity contribution in [2.24, 2.45) is 0 Å². The van der Waals surface area contributed by atoms with Gasteiger partial charge in [0.2, 0.25) is 0 Å². The van der Waals surface area contributed by atoms with Crippen molar-refractivity contribution in [3.8, 4) is 0 Å². The standard InChI is InChI=1S/C18H27N5.ClH/c1-4-15-6-8-16(9-7-15)17-12-19-10-11-22(17)13-18-21-20-14(3)23(18)5-2;/h6-9,17,19H,4-5,10-13H2,1-3H3;1H. The molecule has 0 amide bonds. The third kappa shape index (κ3) is 3.97. The van der Waals surface area contributed by atoms with Crippen LogP contribution in [0.15, 0.2) is 24.3 Å². The van der Waals surface area contributed by atoms with Crippen molar-refractivity contribution >= 4 is 12.4 Å². The average Bonchev–Trinajstić information content (AvgIpc) is 2.95. The molecule has 1 aliphatic heterocycles. The number of hydrogen-bond acceptors (Lipinski definition) is 4. The second kappa shape index (κ2) is 8.60. The third-order valence-corrected chi connectivity index (χ3v) is 4.80. The summed E-state index contributed by atoms with van der Waals surface area (Å²) in [5, 5.41) is 12.2. The normalized spacial score (nSPS) is 18.4. The summed E-state index contributed by atoms with van der Waals surface area (Å²) in [7, 11) is 0. The zero-order chi connectivity index (χ0) is 16.2. The summed E-state index contributed by atoms with van der Waals surface area (Å²) in [6.07, 6.45) is 1.09. The topological polar surface area (TPSA) is 46.0 Å². The van der Waals surface area contributed by atoms with E-state index in [0.29, 0.717) is 6.04 Å². The third-order valence-electron chi connectivity index (χ3n) is 4.80. The summed E-state index contributed by atoms with van der Waals surface area (Å²) in [4.78, 5) is 2.52. The number of aromatic nitrogens is 3. The van der Waals surface area contributed by atoms with Gasteiger partial charge >= 0.3 is 0 Å². The largest absolute Gasteiger partial charge is 0.314 e. The Labute approximate surface area is 150 Å². The minimum absolute atomic E-state index is 0. The van der Waals surface area contributed by atoms with Crippen molar-refractivity contribution in [3.63, 3.8) is 0 Å². The molecular weight excluding hydrogens is 322 g/mol. The summed E-state index contributed by atoms with van der Waals surface area (Å²) in [5.41, 5.74) is 2.78. The molecule has 24 heavy (non-hydrogen) atoms. The number of piperazine rings is 1. The second-order valence-corrected chi connectivity index (χ2v) is 6.19. The lowest BCUT2D eigenvalue weighted by Crippen LogP contribution is -2.45. The fourth-order valence-corrected chi connectivity index (χ4v) is 3.37. The molecule has 3 rings (SSSR count). The Morgan fingerprint density at radius 2 is 1.92 bits per heavy atom. The van der Waals surface area contributed by atoms with Gasteiger partial charge in [0.1, 0.15) is 11.6 Å². The Hall–Kier alpha value is -1.43. The van der Waals surface area contributed by atoms with Crippen LogP contribution in [0.4, 0.5) is 0 Å². The van der Waals surface area contributed by atoms with Crippen LogP contribution < -0.4 is 5.32 Å². The van der Waals surface area contributed by atoms with Crippen molar-refractivity contribution < 1.29 is 0 Å². The average molecular weight is 350 g/mol. The number of rotatable bonds is 5. The molecule has 0 spiro atoms. The zero-order valence-corrected chi connectivity index (χ0v) is 15.6. The van der Waals surface area contributed by atoms with Crippen molar-refractivity contribution in [2.75, 3.05) is 19.6 Å². The number of benzene rings is 1. The van der Waals surface area contributed by atoms with E-state index < -0.39 is 0 Å². The van der Waals surface area contributed by atoms with Gasteiger partial charge in [-0.15, -0.1) is 22.6 Å². The molecule has 5 nitrogen and oxygen atoms in total. The van der Waals surface area contributed by atoms with Gasteiger partial charge in [-0.3, -0.25) is 4.90 Å². The summed E-state index contributed by atoms with van der Waals surface area (Å²) in [5.74, 6) is 2.07. The van der Waals surface area contributed by atoms with Crippen LogP contribution in [0.3, 0.4) is 0 Å². The Kier molecular flexibility index (Phi) is 6.78. The molecule has 6 heteroatoms. The highest BCUT2D eigenvalue weighted by Gasteiger charge is 2.25. The fraction of sp³-hybridized carbons (Fsp3) is 0.556. The minimum Gasteiger partial charge on any atom is -0.314 e. The van der Waals surface area contributed by atoms with Crippen LogP contribution in [0.25, 0.3) is 0 Å². The van der Waals surface area contributed by atoms with E-state index in [4.69, 9.17) is 0 Å². The lowest BCUT2D eigenvalue weighted by Gasteiger charge is -2.36. The van der Waals surface area contributed by atoms with Gasteiger partial charge in [0.15, 0.2) is 0 Å². The van der Waals surface area contributed by atoms with Crippen LogP contribution in [0, 0.1) is 6.92 Å². The van der Waals surface area contributed by atoms with E-state index in [9.17, 15) is 0 Å². The summed E-state index contributed by atoms with van der Waals surface area (Å²) in [6, 6.07) is 9.46. The van der Waals surface area contributed by atoms with Crippen molar-refractivity contribution in [1.29, 1.82) is 0 Å². The quantitative estimate of drug-likeness (QED) is 0.901. The van der Waals surface area contributed by atoms with E-state index in [0.717, 1.165) is 50.8 Å². The molecule has 1 aromatic carbocycles. The van der Waals surface area contributed by atoms with Crippen LogP contribution in [0.5, 0.6) is 0 Å².